The molecule has 5 nitrogen and oxygen atoms in total. The summed E-state index contributed by atoms with van der Waals surface area (Å²) in [4.78, 5) is 13.2. The van der Waals surface area contributed by atoms with Crippen LogP contribution in [-0.4, -0.2) is 36.2 Å². The van der Waals surface area contributed by atoms with Crippen LogP contribution in [0.5, 0.6) is 0 Å². The second kappa shape index (κ2) is 8.87. The summed E-state index contributed by atoms with van der Waals surface area (Å²) in [7, 11) is 0. The summed E-state index contributed by atoms with van der Waals surface area (Å²) in [5.41, 5.74) is 2.73. The molecule has 98 valence electrons. The molecule has 0 aromatic carbocycles. The van der Waals surface area contributed by atoms with Crippen molar-refractivity contribution in [1.29, 1.82) is 0 Å². The highest BCUT2D eigenvalue weighted by Gasteiger charge is 2.23. The van der Waals surface area contributed by atoms with Crippen LogP contribution in [0.1, 0.15) is 26.7 Å². The Kier molecular flexibility index (Phi) is 10.1. The fourth-order valence-corrected chi connectivity index (χ4v) is 1.50. The molecule has 0 radical (unpaired) electrons. The van der Waals surface area contributed by atoms with E-state index in [1.807, 2.05) is 13.8 Å². The van der Waals surface area contributed by atoms with Gasteiger partial charge in [-0.3, -0.25) is 11.3 Å². The molecule has 1 rings (SSSR count). The van der Waals surface area contributed by atoms with Crippen molar-refractivity contribution in [2.24, 2.45) is 5.84 Å². The molecule has 1 aliphatic heterocycles. The zero-order chi connectivity index (χ0) is 10.6. The summed E-state index contributed by atoms with van der Waals surface area (Å²) >= 11 is 0. The Labute approximate surface area is 109 Å². The van der Waals surface area contributed by atoms with E-state index < -0.39 is 0 Å². The molecule has 0 aromatic heterocycles. The number of nitrogens with two attached hydrogens (primary N) is 1. The number of piperidine rings is 1. The van der Waals surface area contributed by atoms with Crippen LogP contribution < -0.4 is 11.3 Å². The van der Waals surface area contributed by atoms with Crippen LogP contribution in [0.15, 0.2) is 0 Å². The van der Waals surface area contributed by atoms with Gasteiger partial charge in [-0.15, -0.1) is 24.8 Å². The van der Waals surface area contributed by atoms with E-state index in [4.69, 9.17) is 10.6 Å². The molecule has 1 saturated heterocycles. The van der Waals surface area contributed by atoms with Gasteiger partial charge < -0.3 is 9.64 Å². The summed E-state index contributed by atoms with van der Waals surface area (Å²) in [5.74, 6) is 5.32. The molecule has 0 aliphatic carbocycles. The van der Waals surface area contributed by atoms with Crippen molar-refractivity contribution >= 4 is 30.9 Å². The second-order valence-electron chi connectivity index (χ2n) is 3.86. The molecular weight excluding hydrogens is 253 g/mol. The van der Waals surface area contributed by atoms with Gasteiger partial charge in [-0.2, -0.15) is 0 Å². The van der Waals surface area contributed by atoms with Crippen molar-refractivity contribution < 1.29 is 9.53 Å². The molecule has 1 aliphatic rings. The van der Waals surface area contributed by atoms with Crippen molar-refractivity contribution in [2.45, 2.75) is 38.8 Å². The first-order valence-corrected chi connectivity index (χ1v) is 5.05. The Morgan fingerprint density at radius 2 is 1.88 bits per heavy atom. The maximum atomic E-state index is 11.5. The first-order chi connectivity index (χ1) is 6.63. The second-order valence-corrected chi connectivity index (χ2v) is 3.86. The zero-order valence-electron chi connectivity index (χ0n) is 9.64. The molecule has 0 spiro atoms. The first kappa shape index (κ1) is 18.1. The number of nitrogens with one attached hydrogen (secondary N) is 1. The Hall–Kier alpha value is -0.230. The van der Waals surface area contributed by atoms with Crippen LogP contribution >= 0.6 is 24.8 Å². The van der Waals surface area contributed by atoms with Crippen molar-refractivity contribution in [2.75, 3.05) is 13.1 Å². The molecule has 1 amide bonds. The topological polar surface area (TPSA) is 67.6 Å². The predicted molar refractivity (Wildman–Crippen MR) is 68.0 cm³/mol. The molecule has 1 heterocycles. The van der Waals surface area contributed by atoms with Crippen LogP contribution in [0.25, 0.3) is 0 Å². The predicted octanol–water partition coefficient (Wildman–Crippen LogP) is 1.30. The maximum Gasteiger partial charge on any atom is 0.410 e. The number of rotatable bonds is 2. The van der Waals surface area contributed by atoms with E-state index in [1.54, 1.807) is 4.90 Å². The number of halogens is 2. The molecule has 0 bridgehead atoms. The van der Waals surface area contributed by atoms with Gasteiger partial charge in [-0.1, -0.05) is 0 Å². The Balaban J connectivity index is 0. The van der Waals surface area contributed by atoms with E-state index in [9.17, 15) is 4.79 Å². The molecular formula is C9H21Cl2N3O2. The number of hydrogen-bond donors (Lipinski definition) is 2. The van der Waals surface area contributed by atoms with Gasteiger partial charge in [-0.05, 0) is 26.7 Å². The molecule has 7 heteroatoms. The van der Waals surface area contributed by atoms with E-state index in [0.29, 0.717) is 6.04 Å². The molecule has 3 N–H and O–H groups in total. The molecule has 1 fully saturated rings. The largest absolute Gasteiger partial charge is 0.447 e. The highest BCUT2D eigenvalue weighted by molar-refractivity contribution is 5.85. The SMILES string of the molecule is CC(C)OC(=O)N1CCC(NN)CC1.Cl.Cl. The molecule has 16 heavy (non-hydrogen) atoms. The Morgan fingerprint density at radius 1 is 1.38 bits per heavy atom. The summed E-state index contributed by atoms with van der Waals surface area (Å²) in [6, 6.07) is 0.332. The third-order valence-electron chi connectivity index (χ3n) is 2.33. The number of hydrazine groups is 1. The molecule has 0 unspecified atom stereocenters. The third kappa shape index (κ3) is 5.75. The number of amides is 1. The van der Waals surface area contributed by atoms with Crippen LogP contribution in [0.3, 0.4) is 0 Å². The first-order valence-electron chi connectivity index (χ1n) is 5.05. The highest BCUT2D eigenvalue weighted by Crippen LogP contribution is 2.11. The normalized spacial score (nSPS) is 16.4. The van der Waals surface area contributed by atoms with Crippen molar-refractivity contribution in [3.8, 4) is 0 Å². The Bertz CT molecular complexity index is 197. The van der Waals surface area contributed by atoms with Gasteiger partial charge in [0.1, 0.15) is 0 Å². The van der Waals surface area contributed by atoms with Crippen molar-refractivity contribution in [3.63, 3.8) is 0 Å². The zero-order valence-corrected chi connectivity index (χ0v) is 11.3. The number of carbonyl (C=O) groups is 1. The molecule has 0 saturated carbocycles. The average Bonchev–Trinajstić information content (AvgIpc) is 2.17. The summed E-state index contributed by atoms with van der Waals surface area (Å²) < 4.78 is 5.09. The van der Waals surface area contributed by atoms with Crippen molar-refractivity contribution in [3.05, 3.63) is 0 Å². The number of likely N-dealkylation sites (tertiary alicyclic amines) is 1. The van der Waals surface area contributed by atoms with Crippen LogP contribution in [0.4, 0.5) is 4.79 Å². The van der Waals surface area contributed by atoms with Crippen LogP contribution in [0, 0.1) is 0 Å². The van der Waals surface area contributed by atoms with E-state index in [0.717, 1.165) is 25.9 Å². The van der Waals surface area contributed by atoms with Crippen LogP contribution in [-0.2, 0) is 4.74 Å². The van der Waals surface area contributed by atoms with E-state index in [1.165, 1.54) is 0 Å². The minimum atomic E-state index is -0.213. The molecule has 0 aromatic rings. The smallest absolute Gasteiger partial charge is 0.410 e. The lowest BCUT2D eigenvalue weighted by molar-refractivity contribution is 0.0679. The summed E-state index contributed by atoms with van der Waals surface area (Å²) in [5, 5.41) is 0. The quantitative estimate of drug-likeness (QED) is 0.588. The standard InChI is InChI=1S/C9H19N3O2.2ClH/c1-7(2)14-9(13)12-5-3-8(11-10)4-6-12;;/h7-8,11H,3-6,10H2,1-2H3;2*1H. The van der Waals surface area contributed by atoms with Crippen molar-refractivity contribution in [1.82, 2.24) is 10.3 Å². The minimum absolute atomic E-state index is 0. The Morgan fingerprint density at radius 3 is 2.25 bits per heavy atom. The lowest BCUT2D eigenvalue weighted by atomic mass is 10.1. The summed E-state index contributed by atoms with van der Waals surface area (Å²) in [6.45, 7) is 5.15. The van der Waals surface area contributed by atoms with Crippen LogP contribution in [0.2, 0.25) is 0 Å². The fraction of sp³-hybridized carbons (Fsp3) is 0.889. The van der Waals surface area contributed by atoms with Gasteiger partial charge in [0.05, 0.1) is 6.10 Å². The van der Waals surface area contributed by atoms with Gasteiger partial charge in [-0.25, -0.2) is 4.79 Å². The maximum absolute atomic E-state index is 11.5. The van der Waals surface area contributed by atoms with E-state index in [2.05, 4.69) is 5.43 Å². The lowest BCUT2D eigenvalue weighted by Gasteiger charge is -2.31. The molecule has 0 atom stereocenters. The van der Waals surface area contributed by atoms with Gasteiger partial charge >= 0.3 is 6.09 Å². The number of nitrogens with zero attached hydrogens (tertiary/aromatic N) is 1. The average molecular weight is 274 g/mol. The number of hydrogen-bond acceptors (Lipinski definition) is 4. The third-order valence-corrected chi connectivity index (χ3v) is 2.33. The van der Waals surface area contributed by atoms with Gasteiger partial charge in [0.25, 0.3) is 0 Å². The van der Waals surface area contributed by atoms with E-state index >= 15 is 0 Å². The van der Waals surface area contributed by atoms with Gasteiger partial charge in [0.15, 0.2) is 0 Å². The fourth-order valence-electron chi connectivity index (χ4n) is 1.50. The van der Waals surface area contributed by atoms with Gasteiger partial charge in [0, 0.05) is 19.1 Å². The lowest BCUT2D eigenvalue weighted by Crippen LogP contribution is -2.47. The minimum Gasteiger partial charge on any atom is -0.447 e. The van der Waals surface area contributed by atoms with E-state index in [-0.39, 0.29) is 37.0 Å². The summed E-state index contributed by atoms with van der Waals surface area (Å²) in [6.07, 6.45) is 1.52. The number of carbonyl (C=O) groups excluding carboxylic acids is 1. The highest BCUT2D eigenvalue weighted by atomic mass is 35.5. The monoisotopic (exact) mass is 273 g/mol. The number of ether oxygens (including phenoxy) is 1. The van der Waals surface area contributed by atoms with Gasteiger partial charge in [0.2, 0.25) is 0 Å².